The maximum atomic E-state index is 11.5. The van der Waals surface area contributed by atoms with E-state index in [0.29, 0.717) is 11.3 Å². The number of rotatable bonds is 4. The van der Waals surface area contributed by atoms with E-state index in [-0.39, 0.29) is 0 Å². The molecule has 154 valence electrons. The number of nitrogens with one attached hydrogen (secondary N) is 1. The standard InChI is InChI=1S/C23H19N5O2S/c1-15-12-21-24-14-18-13-20(16-6-4-3-5-7-16)22(25-23(18)28(21)26-15)17-8-10-19(11-9-17)27-31(2,29)30/h3-14,27H,1-2H3. The summed E-state index contributed by atoms with van der Waals surface area (Å²) in [4.78, 5) is 9.50. The topological polar surface area (TPSA) is 89.2 Å². The Morgan fingerprint density at radius 2 is 1.68 bits per heavy atom. The largest absolute Gasteiger partial charge is 0.284 e. The Morgan fingerprint density at radius 1 is 0.935 bits per heavy atom. The van der Waals surface area contributed by atoms with Crippen LogP contribution < -0.4 is 4.72 Å². The average molecular weight is 430 g/mol. The fourth-order valence-electron chi connectivity index (χ4n) is 3.62. The van der Waals surface area contributed by atoms with Crippen LogP contribution in [0.15, 0.2) is 72.9 Å². The van der Waals surface area contributed by atoms with Gasteiger partial charge < -0.3 is 0 Å². The molecule has 5 rings (SSSR count). The molecular formula is C23H19N5O2S. The van der Waals surface area contributed by atoms with Crippen LogP contribution in [0, 0.1) is 6.92 Å². The monoisotopic (exact) mass is 429 g/mol. The molecule has 3 heterocycles. The predicted molar refractivity (Wildman–Crippen MR) is 122 cm³/mol. The van der Waals surface area contributed by atoms with Gasteiger partial charge in [0, 0.05) is 34.5 Å². The normalized spacial score (nSPS) is 11.8. The summed E-state index contributed by atoms with van der Waals surface area (Å²) in [6, 6.07) is 21.2. The zero-order chi connectivity index (χ0) is 21.6. The van der Waals surface area contributed by atoms with E-state index in [1.165, 1.54) is 0 Å². The van der Waals surface area contributed by atoms with Crippen molar-refractivity contribution in [1.82, 2.24) is 19.6 Å². The number of hydrogen-bond acceptors (Lipinski definition) is 5. The molecule has 0 atom stereocenters. The number of pyridine rings is 1. The van der Waals surface area contributed by atoms with Crippen LogP contribution in [0.5, 0.6) is 0 Å². The summed E-state index contributed by atoms with van der Waals surface area (Å²) in [6.07, 6.45) is 2.94. The van der Waals surface area contributed by atoms with Crippen molar-refractivity contribution in [3.05, 3.63) is 78.6 Å². The molecule has 7 nitrogen and oxygen atoms in total. The van der Waals surface area contributed by atoms with Crippen molar-refractivity contribution in [2.24, 2.45) is 0 Å². The summed E-state index contributed by atoms with van der Waals surface area (Å²) in [5.74, 6) is 0. The second-order valence-electron chi connectivity index (χ2n) is 7.43. The molecule has 2 aromatic carbocycles. The van der Waals surface area contributed by atoms with Crippen LogP contribution in [0.1, 0.15) is 5.69 Å². The van der Waals surface area contributed by atoms with Crippen LogP contribution in [0.25, 0.3) is 39.1 Å². The number of hydrogen-bond donors (Lipinski definition) is 1. The minimum atomic E-state index is -3.34. The Labute approximate surface area is 179 Å². The molecule has 0 aliphatic heterocycles. The second-order valence-corrected chi connectivity index (χ2v) is 9.18. The summed E-state index contributed by atoms with van der Waals surface area (Å²) in [6.45, 7) is 1.92. The lowest BCUT2D eigenvalue weighted by Gasteiger charge is -2.13. The van der Waals surface area contributed by atoms with Crippen LogP contribution in [-0.2, 0) is 10.0 Å². The minimum Gasteiger partial charge on any atom is -0.284 e. The number of anilines is 1. The highest BCUT2D eigenvalue weighted by Crippen LogP contribution is 2.34. The highest BCUT2D eigenvalue weighted by atomic mass is 32.2. The molecule has 5 aromatic rings. The molecule has 0 bridgehead atoms. The van der Waals surface area contributed by atoms with Gasteiger partial charge in [-0.3, -0.25) is 4.72 Å². The molecule has 0 saturated carbocycles. The third-order valence-electron chi connectivity index (χ3n) is 4.93. The summed E-state index contributed by atoms with van der Waals surface area (Å²) >= 11 is 0. The zero-order valence-corrected chi connectivity index (χ0v) is 17.8. The minimum absolute atomic E-state index is 0.502. The summed E-state index contributed by atoms with van der Waals surface area (Å²) in [7, 11) is -3.34. The Bertz CT molecular complexity index is 1530. The number of aryl methyl sites for hydroxylation is 1. The first-order valence-corrected chi connectivity index (χ1v) is 11.6. The van der Waals surface area contributed by atoms with E-state index in [9.17, 15) is 8.42 Å². The first-order valence-electron chi connectivity index (χ1n) is 9.67. The maximum Gasteiger partial charge on any atom is 0.229 e. The van der Waals surface area contributed by atoms with Crippen molar-refractivity contribution in [1.29, 1.82) is 0 Å². The lowest BCUT2D eigenvalue weighted by Crippen LogP contribution is -2.09. The van der Waals surface area contributed by atoms with Gasteiger partial charge in [0.05, 0.1) is 17.6 Å². The molecule has 0 radical (unpaired) electrons. The molecule has 1 N–H and O–H groups in total. The lowest BCUT2D eigenvalue weighted by molar-refractivity contribution is 0.607. The van der Waals surface area contributed by atoms with Crippen LogP contribution in [0.4, 0.5) is 5.69 Å². The third kappa shape index (κ3) is 3.73. The van der Waals surface area contributed by atoms with E-state index in [0.717, 1.165) is 45.4 Å². The fourth-order valence-corrected chi connectivity index (χ4v) is 4.19. The molecular weight excluding hydrogens is 410 g/mol. The van der Waals surface area contributed by atoms with Gasteiger partial charge in [0.1, 0.15) is 0 Å². The fraction of sp³-hybridized carbons (Fsp3) is 0.0870. The molecule has 0 spiro atoms. The average Bonchev–Trinajstić information content (AvgIpc) is 3.14. The van der Waals surface area contributed by atoms with Crippen LogP contribution in [0.3, 0.4) is 0 Å². The first kappa shape index (κ1) is 19.2. The van der Waals surface area contributed by atoms with E-state index in [2.05, 4.69) is 20.9 Å². The van der Waals surface area contributed by atoms with Crippen molar-refractivity contribution in [2.75, 3.05) is 11.0 Å². The van der Waals surface area contributed by atoms with Crippen molar-refractivity contribution < 1.29 is 8.42 Å². The van der Waals surface area contributed by atoms with E-state index in [1.54, 1.807) is 16.6 Å². The smallest absolute Gasteiger partial charge is 0.229 e. The zero-order valence-electron chi connectivity index (χ0n) is 16.9. The van der Waals surface area contributed by atoms with E-state index in [4.69, 9.17) is 4.98 Å². The van der Waals surface area contributed by atoms with Crippen molar-refractivity contribution in [3.63, 3.8) is 0 Å². The molecule has 0 aliphatic carbocycles. The van der Waals surface area contributed by atoms with Crippen molar-refractivity contribution in [3.8, 4) is 22.4 Å². The number of fused-ring (bicyclic) bond motifs is 3. The molecule has 0 fully saturated rings. The third-order valence-corrected chi connectivity index (χ3v) is 5.53. The van der Waals surface area contributed by atoms with Gasteiger partial charge in [0.2, 0.25) is 10.0 Å². The van der Waals surface area contributed by atoms with Gasteiger partial charge >= 0.3 is 0 Å². The van der Waals surface area contributed by atoms with Gasteiger partial charge in [0.25, 0.3) is 0 Å². The number of benzene rings is 2. The lowest BCUT2D eigenvalue weighted by atomic mass is 9.98. The molecule has 8 heteroatoms. The molecule has 0 unspecified atom stereocenters. The Balaban J connectivity index is 1.75. The second kappa shape index (κ2) is 7.17. The van der Waals surface area contributed by atoms with E-state index in [1.807, 2.05) is 61.7 Å². The first-order chi connectivity index (χ1) is 14.9. The van der Waals surface area contributed by atoms with Crippen molar-refractivity contribution in [2.45, 2.75) is 6.92 Å². The molecule has 31 heavy (non-hydrogen) atoms. The summed E-state index contributed by atoms with van der Waals surface area (Å²) in [5, 5.41) is 5.43. The highest BCUT2D eigenvalue weighted by Gasteiger charge is 2.15. The Morgan fingerprint density at radius 3 is 2.39 bits per heavy atom. The molecule has 0 saturated heterocycles. The van der Waals surface area contributed by atoms with Gasteiger partial charge in [0.15, 0.2) is 11.3 Å². The molecule has 0 amide bonds. The van der Waals surface area contributed by atoms with Crippen molar-refractivity contribution >= 4 is 32.4 Å². The van der Waals surface area contributed by atoms with Gasteiger partial charge in [-0.05, 0) is 30.7 Å². The Hall–Kier alpha value is -3.78. The summed E-state index contributed by atoms with van der Waals surface area (Å²) < 4.78 is 27.3. The quantitative estimate of drug-likeness (QED) is 0.460. The number of nitrogens with zero attached hydrogens (tertiary/aromatic N) is 4. The van der Waals surface area contributed by atoms with E-state index < -0.39 is 10.0 Å². The van der Waals surface area contributed by atoms with Gasteiger partial charge in [-0.25, -0.2) is 18.4 Å². The van der Waals surface area contributed by atoms with Gasteiger partial charge in [-0.2, -0.15) is 9.61 Å². The SMILES string of the molecule is Cc1cc2ncc3cc(-c4ccccc4)c(-c4ccc(NS(C)(=O)=O)cc4)nc3n2n1. The summed E-state index contributed by atoms with van der Waals surface area (Å²) in [5.41, 5.74) is 6.46. The van der Waals surface area contributed by atoms with Crippen LogP contribution >= 0.6 is 0 Å². The maximum absolute atomic E-state index is 11.5. The van der Waals surface area contributed by atoms with E-state index >= 15 is 0 Å². The number of sulfonamides is 1. The van der Waals surface area contributed by atoms with Gasteiger partial charge in [-0.1, -0.05) is 42.5 Å². The molecule has 0 aliphatic rings. The van der Waals surface area contributed by atoms with Crippen LogP contribution in [-0.4, -0.2) is 34.3 Å². The Kier molecular flexibility index (Phi) is 4.44. The highest BCUT2D eigenvalue weighted by molar-refractivity contribution is 7.92. The van der Waals surface area contributed by atoms with Gasteiger partial charge in [-0.15, -0.1) is 0 Å². The number of aromatic nitrogens is 4. The molecule has 3 aromatic heterocycles. The predicted octanol–water partition coefficient (Wildman–Crippen LogP) is 4.29. The van der Waals surface area contributed by atoms with Crippen LogP contribution in [0.2, 0.25) is 0 Å².